The van der Waals surface area contributed by atoms with Crippen molar-refractivity contribution in [1.29, 1.82) is 0 Å². The number of benzene rings is 7. The molecule has 0 atom stereocenters. The van der Waals surface area contributed by atoms with Crippen LogP contribution in [0.5, 0.6) is 0 Å². The van der Waals surface area contributed by atoms with Gasteiger partial charge in [-0.1, -0.05) is 164 Å². The van der Waals surface area contributed by atoms with Gasteiger partial charge in [-0.2, -0.15) is 0 Å². The normalized spacial score (nSPS) is 12.8. The Kier molecular flexibility index (Phi) is 7.22. The first-order valence-corrected chi connectivity index (χ1v) is 18.3. The summed E-state index contributed by atoms with van der Waals surface area (Å²) in [6.07, 6.45) is 0. The largest absolute Gasteiger partial charge is 0.208 e. The molecule has 0 aliphatic heterocycles. The van der Waals surface area contributed by atoms with Gasteiger partial charge in [0.25, 0.3) is 0 Å². The molecule has 9 aromatic rings. The lowest BCUT2D eigenvalue weighted by molar-refractivity contribution is 0.768. The van der Waals surface area contributed by atoms with E-state index in [1.807, 2.05) is 6.07 Å². The molecule has 0 saturated heterocycles. The Morgan fingerprint density at radius 2 is 0.923 bits per heavy atom. The van der Waals surface area contributed by atoms with Gasteiger partial charge in [0.05, 0.1) is 10.3 Å². The molecule has 10 rings (SSSR count). The van der Waals surface area contributed by atoms with Crippen molar-refractivity contribution >= 4 is 21.4 Å². The maximum absolute atomic E-state index is 5.24. The van der Waals surface area contributed by atoms with Gasteiger partial charge in [-0.05, 0) is 74.2 Å². The minimum absolute atomic E-state index is 0.515. The van der Waals surface area contributed by atoms with Gasteiger partial charge in [0, 0.05) is 15.8 Å². The highest BCUT2D eigenvalue weighted by atomic mass is 32.1. The van der Waals surface area contributed by atoms with Gasteiger partial charge in [0.1, 0.15) is 0 Å². The van der Waals surface area contributed by atoms with Crippen molar-refractivity contribution in [2.75, 3.05) is 0 Å². The molecule has 0 amide bonds. The predicted molar refractivity (Wildman–Crippen MR) is 214 cm³/mol. The average Bonchev–Trinajstić information content (AvgIpc) is 3.80. The Balaban J connectivity index is 1.21. The first-order valence-electron chi connectivity index (χ1n) is 17.5. The Hall–Kier alpha value is -6.49. The lowest BCUT2D eigenvalue weighted by atomic mass is 9.67. The molecule has 2 heterocycles. The van der Waals surface area contributed by atoms with Gasteiger partial charge in [-0.25, -0.2) is 15.0 Å². The average molecular weight is 682 g/mol. The molecule has 0 bridgehead atoms. The highest BCUT2D eigenvalue weighted by Gasteiger charge is 2.46. The molecule has 4 heteroatoms. The van der Waals surface area contributed by atoms with E-state index in [-0.39, 0.29) is 0 Å². The third-order valence-corrected chi connectivity index (χ3v) is 11.3. The Bertz CT molecular complexity index is 2660. The Labute approximate surface area is 306 Å². The summed E-state index contributed by atoms with van der Waals surface area (Å²) in [6.45, 7) is 0. The third-order valence-electron chi connectivity index (χ3n) is 10.2. The fourth-order valence-electron chi connectivity index (χ4n) is 7.89. The van der Waals surface area contributed by atoms with E-state index in [2.05, 4.69) is 182 Å². The fourth-order valence-corrected chi connectivity index (χ4v) is 8.89. The summed E-state index contributed by atoms with van der Waals surface area (Å²) in [5, 5.41) is 1.18. The van der Waals surface area contributed by atoms with E-state index in [1.165, 1.54) is 43.5 Å². The molecule has 0 spiro atoms. The smallest absolute Gasteiger partial charge is 0.174 e. The van der Waals surface area contributed by atoms with Gasteiger partial charge in [-0.15, -0.1) is 11.3 Å². The summed E-state index contributed by atoms with van der Waals surface area (Å²) in [5.41, 5.74) is 11.1. The SMILES string of the molecule is c1ccc(-c2cccc(-c3nc(-c4ccc5c(c4)C(c4ccccc4)(c4ccccc4)c4ccccc4-5)nc(-c4cc5ccccc5s4)n3)c2)cc1. The summed E-state index contributed by atoms with van der Waals surface area (Å²) >= 11 is 1.71. The van der Waals surface area contributed by atoms with Gasteiger partial charge >= 0.3 is 0 Å². The van der Waals surface area contributed by atoms with Crippen molar-refractivity contribution in [3.05, 3.63) is 210 Å². The number of aromatic nitrogens is 3. The molecule has 0 radical (unpaired) electrons. The van der Waals surface area contributed by atoms with Crippen LogP contribution < -0.4 is 0 Å². The Morgan fingerprint density at radius 1 is 0.365 bits per heavy atom. The van der Waals surface area contributed by atoms with E-state index in [4.69, 9.17) is 15.0 Å². The molecule has 0 N–H and O–H groups in total. The number of nitrogens with zero attached hydrogens (tertiary/aromatic N) is 3. The fraction of sp³-hybridized carbons (Fsp3) is 0.0208. The van der Waals surface area contributed by atoms with E-state index < -0.39 is 5.41 Å². The molecule has 0 unspecified atom stereocenters. The third kappa shape index (κ3) is 4.91. The summed E-state index contributed by atoms with van der Waals surface area (Å²) in [7, 11) is 0. The van der Waals surface area contributed by atoms with Crippen molar-refractivity contribution in [3.63, 3.8) is 0 Å². The van der Waals surface area contributed by atoms with E-state index in [1.54, 1.807) is 11.3 Å². The molecule has 3 nitrogen and oxygen atoms in total. The lowest BCUT2D eigenvalue weighted by Gasteiger charge is -2.34. The van der Waals surface area contributed by atoms with E-state index in [0.29, 0.717) is 17.5 Å². The van der Waals surface area contributed by atoms with Crippen LogP contribution in [0.25, 0.3) is 65.8 Å². The molecule has 1 aliphatic carbocycles. The van der Waals surface area contributed by atoms with Crippen LogP contribution in [0.1, 0.15) is 22.3 Å². The minimum Gasteiger partial charge on any atom is -0.208 e. The van der Waals surface area contributed by atoms with Crippen molar-refractivity contribution in [1.82, 2.24) is 15.0 Å². The standard InChI is InChI=1S/C48H31N3S/c1-4-15-32(16-5-1)33-18-14-19-35(29-33)45-49-46(51-47(50-45)44-31-34-17-10-13-26-43(34)52-44)36-27-28-40-39-24-11-12-25-41(39)48(42(40)30-36,37-20-6-2-7-21-37)38-22-8-3-9-23-38/h1-31H. The highest BCUT2D eigenvalue weighted by Crippen LogP contribution is 2.56. The van der Waals surface area contributed by atoms with Crippen molar-refractivity contribution < 1.29 is 0 Å². The molecule has 52 heavy (non-hydrogen) atoms. The highest BCUT2D eigenvalue weighted by molar-refractivity contribution is 7.22. The number of rotatable bonds is 6. The van der Waals surface area contributed by atoms with E-state index >= 15 is 0 Å². The molecular weight excluding hydrogens is 651 g/mol. The van der Waals surface area contributed by atoms with Crippen molar-refractivity contribution in [2.45, 2.75) is 5.41 Å². The molecule has 244 valence electrons. The van der Waals surface area contributed by atoms with Gasteiger partial charge < -0.3 is 0 Å². The number of hydrogen-bond donors (Lipinski definition) is 0. The zero-order valence-corrected chi connectivity index (χ0v) is 29.0. The van der Waals surface area contributed by atoms with E-state index in [0.717, 1.165) is 27.1 Å². The molecule has 2 aromatic heterocycles. The van der Waals surface area contributed by atoms with Gasteiger partial charge in [-0.3, -0.25) is 0 Å². The van der Waals surface area contributed by atoms with Crippen molar-refractivity contribution in [2.24, 2.45) is 0 Å². The predicted octanol–water partition coefficient (Wildman–Crippen LogP) is 12.1. The monoisotopic (exact) mass is 681 g/mol. The quantitative estimate of drug-likeness (QED) is 0.175. The summed E-state index contributed by atoms with van der Waals surface area (Å²) in [5.74, 6) is 1.97. The lowest BCUT2D eigenvalue weighted by Crippen LogP contribution is -2.28. The summed E-state index contributed by atoms with van der Waals surface area (Å²) in [6, 6.07) is 67.0. The van der Waals surface area contributed by atoms with Crippen LogP contribution in [0.15, 0.2) is 188 Å². The number of thiophene rings is 1. The first kappa shape index (κ1) is 30.3. The molecule has 0 fully saturated rings. The summed E-state index contributed by atoms with van der Waals surface area (Å²) < 4.78 is 1.21. The molecule has 0 saturated carbocycles. The maximum Gasteiger partial charge on any atom is 0.174 e. The van der Waals surface area contributed by atoms with Crippen LogP contribution in [0.2, 0.25) is 0 Å². The second kappa shape index (κ2) is 12.4. The van der Waals surface area contributed by atoms with Crippen LogP contribution >= 0.6 is 11.3 Å². The number of hydrogen-bond acceptors (Lipinski definition) is 4. The zero-order chi connectivity index (χ0) is 34.5. The second-order valence-corrected chi connectivity index (χ2v) is 14.3. The van der Waals surface area contributed by atoms with Crippen LogP contribution in [-0.4, -0.2) is 15.0 Å². The first-order chi connectivity index (χ1) is 25.8. The van der Waals surface area contributed by atoms with Crippen LogP contribution in [0, 0.1) is 0 Å². The topological polar surface area (TPSA) is 38.7 Å². The Morgan fingerprint density at radius 3 is 1.65 bits per heavy atom. The van der Waals surface area contributed by atoms with Gasteiger partial charge in [0.15, 0.2) is 17.5 Å². The van der Waals surface area contributed by atoms with Crippen LogP contribution in [0.4, 0.5) is 0 Å². The number of fused-ring (bicyclic) bond motifs is 4. The second-order valence-electron chi connectivity index (χ2n) is 13.2. The van der Waals surface area contributed by atoms with Gasteiger partial charge in [0.2, 0.25) is 0 Å². The molecule has 1 aliphatic rings. The maximum atomic E-state index is 5.24. The minimum atomic E-state index is -0.515. The van der Waals surface area contributed by atoms with Crippen molar-refractivity contribution in [3.8, 4) is 55.7 Å². The molecule has 7 aromatic carbocycles. The molecular formula is C48H31N3S. The zero-order valence-electron chi connectivity index (χ0n) is 28.1. The van der Waals surface area contributed by atoms with Crippen LogP contribution in [0.3, 0.4) is 0 Å². The van der Waals surface area contributed by atoms with E-state index in [9.17, 15) is 0 Å². The van der Waals surface area contributed by atoms with Crippen LogP contribution in [-0.2, 0) is 5.41 Å². The summed E-state index contributed by atoms with van der Waals surface area (Å²) in [4.78, 5) is 16.6.